The monoisotopic (exact) mass is 307 g/mol. The predicted octanol–water partition coefficient (Wildman–Crippen LogP) is 4.14. The minimum Gasteiger partial charge on any atom is -0.278 e. The number of amides is 2. The number of benzene rings is 2. The minimum absolute atomic E-state index is 0.216. The maximum absolute atomic E-state index is 12.9. The van der Waals surface area contributed by atoms with E-state index in [2.05, 4.69) is 0 Å². The largest absolute Gasteiger partial charge is 0.278 e. The molecule has 2 aromatic carbocycles. The normalized spacial score (nSPS) is 16.5. The van der Waals surface area contributed by atoms with E-state index in [-0.39, 0.29) is 5.91 Å². The molecule has 1 aliphatic carbocycles. The first-order valence-electron chi connectivity index (χ1n) is 8.17. The lowest BCUT2D eigenvalue weighted by atomic mass is 9.75. The molecule has 0 aliphatic heterocycles. The highest BCUT2D eigenvalue weighted by atomic mass is 16.2. The number of imide groups is 1. The van der Waals surface area contributed by atoms with Crippen molar-refractivity contribution in [2.24, 2.45) is 0 Å². The SMILES string of the molecule is O=CN(C(=O)c1ccccc1)C1(c2ccccc2)CCCCC1. The summed E-state index contributed by atoms with van der Waals surface area (Å²) in [6, 6.07) is 19.0. The van der Waals surface area contributed by atoms with Gasteiger partial charge in [-0.15, -0.1) is 0 Å². The van der Waals surface area contributed by atoms with Crippen LogP contribution >= 0.6 is 0 Å². The Bertz CT molecular complexity index is 661. The molecule has 0 aromatic heterocycles. The highest BCUT2D eigenvalue weighted by molar-refractivity contribution is 6.00. The van der Waals surface area contributed by atoms with E-state index >= 15 is 0 Å². The average Bonchev–Trinajstić information content (AvgIpc) is 2.64. The maximum Gasteiger partial charge on any atom is 0.261 e. The lowest BCUT2D eigenvalue weighted by Crippen LogP contribution is -2.50. The molecule has 3 heteroatoms. The number of carbonyl (C=O) groups excluding carboxylic acids is 2. The molecule has 2 aromatic rings. The number of rotatable bonds is 4. The fraction of sp³-hybridized carbons (Fsp3) is 0.300. The zero-order chi connectivity index (χ0) is 16.1. The van der Waals surface area contributed by atoms with Gasteiger partial charge in [0.15, 0.2) is 0 Å². The van der Waals surface area contributed by atoms with Crippen molar-refractivity contribution in [3.8, 4) is 0 Å². The van der Waals surface area contributed by atoms with Crippen molar-refractivity contribution < 1.29 is 9.59 Å². The summed E-state index contributed by atoms with van der Waals surface area (Å²) in [5.74, 6) is -0.216. The van der Waals surface area contributed by atoms with E-state index in [1.54, 1.807) is 12.1 Å². The van der Waals surface area contributed by atoms with Crippen molar-refractivity contribution >= 4 is 12.3 Å². The lowest BCUT2D eigenvalue weighted by molar-refractivity contribution is -0.122. The maximum atomic E-state index is 12.9. The van der Waals surface area contributed by atoms with Crippen LogP contribution in [0.4, 0.5) is 0 Å². The van der Waals surface area contributed by atoms with Crippen molar-refractivity contribution in [1.82, 2.24) is 4.90 Å². The topological polar surface area (TPSA) is 37.4 Å². The number of carbonyl (C=O) groups is 2. The Kier molecular flexibility index (Phi) is 4.56. The van der Waals surface area contributed by atoms with Gasteiger partial charge in [-0.3, -0.25) is 14.5 Å². The van der Waals surface area contributed by atoms with Crippen molar-refractivity contribution in [2.45, 2.75) is 37.6 Å². The second kappa shape index (κ2) is 6.78. The molecule has 23 heavy (non-hydrogen) atoms. The fourth-order valence-corrected chi connectivity index (χ4v) is 3.62. The molecule has 0 saturated heterocycles. The molecule has 0 heterocycles. The number of nitrogens with zero attached hydrogens (tertiary/aromatic N) is 1. The molecule has 2 amide bonds. The zero-order valence-electron chi connectivity index (χ0n) is 13.2. The van der Waals surface area contributed by atoms with Crippen molar-refractivity contribution in [1.29, 1.82) is 0 Å². The third kappa shape index (κ3) is 2.91. The lowest BCUT2D eigenvalue weighted by Gasteiger charge is -2.44. The van der Waals surface area contributed by atoms with Gasteiger partial charge in [0, 0.05) is 5.56 Å². The van der Waals surface area contributed by atoms with E-state index in [1.807, 2.05) is 48.5 Å². The molecular weight excluding hydrogens is 286 g/mol. The molecule has 0 N–H and O–H groups in total. The van der Waals surface area contributed by atoms with Gasteiger partial charge in [0.05, 0.1) is 5.54 Å². The van der Waals surface area contributed by atoms with E-state index in [1.165, 1.54) is 4.90 Å². The van der Waals surface area contributed by atoms with Crippen LogP contribution in [-0.4, -0.2) is 17.2 Å². The van der Waals surface area contributed by atoms with E-state index in [4.69, 9.17) is 0 Å². The van der Waals surface area contributed by atoms with Gasteiger partial charge in [-0.05, 0) is 30.5 Å². The molecule has 0 spiro atoms. The molecule has 1 fully saturated rings. The van der Waals surface area contributed by atoms with Gasteiger partial charge in [-0.2, -0.15) is 0 Å². The molecule has 3 nitrogen and oxygen atoms in total. The Hall–Kier alpha value is -2.42. The number of hydrogen-bond donors (Lipinski definition) is 0. The first kappa shape index (κ1) is 15.5. The predicted molar refractivity (Wildman–Crippen MR) is 89.9 cm³/mol. The molecule has 0 unspecified atom stereocenters. The summed E-state index contributed by atoms with van der Waals surface area (Å²) < 4.78 is 0. The molecule has 1 aliphatic rings. The van der Waals surface area contributed by atoms with Gasteiger partial charge in [-0.25, -0.2) is 0 Å². The molecular formula is C20H21NO2. The smallest absolute Gasteiger partial charge is 0.261 e. The highest BCUT2D eigenvalue weighted by Crippen LogP contribution is 2.42. The van der Waals surface area contributed by atoms with Crippen LogP contribution in [-0.2, 0) is 10.3 Å². The Morgan fingerprint density at radius 1 is 0.870 bits per heavy atom. The van der Waals surface area contributed by atoms with E-state index in [0.717, 1.165) is 37.7 Å². The molecule has 0 atom stereocenters. The summed E-state index contributed by atoms with van der Waals surface area (Å²) in [6.07, 6.45) is 5.58. The Morgan fingerprint density at radius 3 is 2.00 bits per heavy atom. The second-order valence-electron chi connectivity index (χ2n) is 6.10. The molecule has 0 bridgehead atoms. The Labute approximate surface area is 136 Å². The first-order valence-corrected chi connectivity index (χ1v) is 8.17. The summed E-state index contributed by atoms with van der Waals surface area (Å²) in [5.41, 5.74) is 1.09. The van der Waals surface area contributed by atoms with Crippen LogP contribution in [0.15, 0.2) is 60.7 Å². The third-order valence-electron chi connectivity index (χ3n) is 4.80. The summed E-state index contributed by atoms with van der Waals surface area (Å²) >= 11 is 0. The Morgan fingerprint density at radius 2 is 1.43 bits per heavy atom. The average molecular weight is 307 g/mol. The molecule has 0 radical (unpaired) electrons. The van der Waals surface area contributed by atoms with Gasteiger partial charge in [0.25, 0.3) is 5.91 Å². The van der Waals surface area contributed by atoms with E-state index in [0.29, 0.717) is 12.0 Å². The van der Waals surface area contributed by atoms with E-state index < -0.39 is 5.54 Å². The summed E-state index contributed by atoms with van der Waals surface area (Å²) in [5, 5.41) is 0. The van der Waals surface area contributed by atoms with Gasteiger partial charge in [0.1, 0.15) is 0 Å². The van der Waals surface area contributed by atoms with Crippen LogP contribution < -0.4 is 0 Å². The van der Waals surface area contributed by atoms with Crippen LogP contribution in [0.5, 0.6) is 0 Å². The van der Waals surface area contributed by atoms with Crippen LogP contribution in [0.25, 0.3) is 0 Å². The van der Waals surface area contributed by atoms with Gasteiger partial charge in [-0.1, -0.05) is 67.8 Å². The minimum atomic E-state index is -0.520. The zero-order valence-corrected chi connectivity index (χ0v) is 13.2. The summed E-state index contributed by atoms with van der Waals surface area (Å²) in [7, 11) is 0. The summed E-state index contributed by atoms with van der Waals surface area (Å²) in [4.78, 5) is 26.3. The van der Waals surface area contributed by atoms with Crippen molar-refractivity contribution in [3.63, 3.8) is 0 Å². The Balaban J connectivity index is 2.04. The third-order valence-corrected chi connectivity index (χ3v) is 4.80. The first-order chi connectivity index (χ1) is 11.3. The fourth-order valence-electron chi connectivity index (χ4n) is 3.62. The quantitative estimate of drug-likeness (QED) is 0.796. The molecule has 118 valence electrons. The van der Waals surface area contributed by atoms with Crippen LogP contribution in [0.3, 0.4) is 0 Å². The van der Waals surface area contributed by atoms with Gasteiger partial charge < -0.3 is 0 Å². The second-order valence-corrected chi connectivity index (χ2v) is 6.10. The summed E-state index contributed by atoms with van der Waals surface area (Å²) in [6.45, 7) is 0. The molecule has 3 rings (SSSR count). The van der Waals surface area contributed by atoms with Gasteiger partial charge in [0.2, 0.25) is 6.41 Å². The van der Waals surface area contributed by atoms with Crippen molar-refractivity contribution in [3.05, 3.63) is 71.8 Å². The number of hydrogen-bond acceptors (Lipinski definition) is 2. The van der Waals surface area contributed by atoms with Crippen molar-refractivity contribution in [2.75, 3.05) is 0 Å². The van der Waals surface area contributed by atoms with Crippen LogP contribution in [0.1, 0.15) is 48.0 Å². The van der Waals surface area contributed by atoms with E-state index in [9.17, 15) is 9.59 Å². The highest BCUT2D eigenvalue weighted by Gasteiger charge is 2.42. The van der Waals surface area contributed by atoms with Gasteiger partial charge >= 0.3 is 0 Å². The standard InChI is InChI=1S/C20H21NO2/c22-16-21(19(23)17-10-4-1-5-11-17)20(14-8-3-9-15-20)18-12-6-2-7-13-18/h1-2,4-7,10-13,16H,3,8-9,14-15H2. The van der Waals surface area contributed by atoms with Crippen LogP contribution in [0, 0.1) is 0 Å². The molecule has 1 saturated carbocycles. The van der Waals surface area contributed by atoms with Crippen LogP contribution in [0.2, 0.25) is 0 Å².